The molecule has 3 aromatic rings. The number of rotatable bonds is 9. The lowest BCUT2D eigenvalue weighted by atomic mass is 10.2. The minimum atomic E-state index is -0.199. The highest BCUT2D eigenvalue weighted by atomic mass is 35.5. The van der Waals surface area contributed by atoms with Crippen LogP contribution < -0.4 is 5.32 Å². The smallest absolute Gasteiger partial charge is 0.234 e. The molecule has 0 radical (unpaired) electrons. The van der Waals surface area contributed by atoms with Gasteiger partial charge < -0.3 is 5.32 Å². The Kier molecular flexibility index (Phi) is 7.77. The van der Waals surface area contributed by atoms with Gasteiger partial charge in [0.05, 0.1) is 21.5 Å². The Morgan fingerprint density at radius 1 is 1.38 bits per heavy atom. The second-order valence-electron chi connectivity index (χ2n) is 6.20. The molecule has 2 aromatic heterocycles. The molecule has 0 spiro atoms. The van der Waals surface area contributed by atoms with Gasteiger partial charge in [-0.05, 0) is 24.6 Å². The van der Waals surface area contributed by atoms with Crippen LogP contribution in [0, 0.1) is 0 Å². The van der Waals surface area contributed by atoms with Gasteiger partial charge >= 0.3 is 0 Å². The van der Waals surface area contributed by atoms with Crippen molar-refractivity contribution in [2.45, 2.75) is 31.5 Å². The van der Waals surface area contributed by atoms with Gasteiger partial charge in [-0.25, -0.2) is 0 Å². The third-order valence-corrected chi connectivity index (χ3v) is 6.78. The zero-order chi connectivity index (χ0) is 20.8. The van der Waals surface area contributed by atoms with Crippen molar-refractivity contribution in [1.82, 2.24) is 14.8 Å². The highest BCUT2D eigenvalue weighted by Crippen LogP contribution is 2.31. The van der Waals surface area contributed by atoms with Crippen LogP contribution in [0.2, 0.25) is 10.0 Å². The molecule has 0 bridgehead atoms. The first kappa shape index (κ1) is 21.9. The maximum absolute atomic E-state index is 12.4. The summed E-state index contributed by atoms with van der Waals surface area (Å²) in [7, 11) is 0. The number of hydrogen-bond acceptors (Lipinski definition) is 5. The molecule has 3 rings (SSSR count). The summed E-state index contributed by atoms with van der Waals surface area (Å²) in [4.78, 5) is 13.7. The average molecular weight is 467 g/mol. The third-order valence-electron chi connectivity index (χ3n) is 3.99. The fourth-order valence-electron chi connectivity index (χ4n) is 2.69. The van der Waals surface area contributed by atoms with E-state index in [9.17, 15) is 4.79 Å². The maximum Gasteiger partial charge on any atom is 0.234 e. The van der Waals surface area contributed by atoms with Crippen molar-refractivity contribution in [3.8, 4) is 11.4 Å². The highest BCUT2D eigenvalue weighted by Gasteiger charge is 2.17. The molecule has 1 amide bonds. The second-order valence-corrected chi connectivity index (χ2v) is 8.92. The standard InChI is InChI=1S/C20H20Cl2N4OS2/c1-3-6-14-10-13(11-28-14)19-24-25-20(26(19)9-4-2)29-12-17(27)23-16-8-5-7-15(21)18(16)22/h4-5,7-8,10-11H,2-3,6,9,12H2,1H3,(H,23,27). The lowest BCUT2D eigenvalue weighted by Crippen LogP contribution is -2.15. The number of hydrogen-bond donors (Lipinski definition) is 1. The molecule has 0 saturated carbocycles. The van der Waals surface area contributed by atoms with E-state index < -0.39 is 0 Å². The molecule has 0 fully saturated rings. The van der Waals surface area contributed by atoms with Crippen LogP contribution in [-0.4, -0.2) is 26.4 Å². The van der Waals surface area contributed by atoms with Crippen molar-refractivity contribution in [3.05, 3.63) is 57.2 Å². The zero-order valence-corrected chi connectivity index (χ0v) is 19.0. The lowest BCUT2D eigenvalue weighted by molar-refractivity contribution is -0.113. The largest absolute Gasteiger partial charge is 0.324 e. The molecule has 0 saturated heterocycles. The molecule has 0 aliphatic rings. The number of carbonyl (C=O) groups is 1. The quantitative estimate of drug-likeness (QED) is 0.302. The predicted octanol–water partition coefficient (Wildman–Crippen LogP) is 6.18. The number of nitrogens with one attached hydrogen (secondary N) is 1. The Morgan fingerprint density at radius 3 is 2.97 bits per heavy atom. The minimum Gasteiger partial charge on any atom is -0.324 e. The SMILES string of the molecule is C=CCn1c(SCC(=O)Nc2cccc(Cl)c2Cl)nnc1-c1csc(CCC)c1. The van der Waals surface area contributed by atoms with Crippen LogP contribution in [0.15, 0.2) is 47.5 Å². The van der Waals surface area contributed by atoms with Crippen molar-refractivity contribution in [2.75, 3.05) is 11.1 Å². The van der Waals surface area contributed by atoms with E-state index in [1.165, 1.54) is 16.6 Å². The number of aromatic nitrogens is 3. The number of benzene rings is 1. The van der Waals surface area contributed by atoms with Gasteiger partial charge in [0.15, 0.2) is 11.0 Å². The Balaban J connectivity index is 1.71. The van der Waals surface area contributed by atoms with Crippen LogP contribution >= 0.6 is 46.3 Å². The fourth-order valence-corrected chi connectivity index (χ4v) is 4.76. The van der Waals surface area contributed by atoms with Crippen LogP contribution in [0.3, 0.4) is 0 Å². The van der Waals surface area contributed by atoms with E-state index in [0.717, 1.165) is 24.2 Å². The first-order valence-corrected chi connectivity index (χ1v) is 11.6. The fraction of sp³-hybridized carbons (Fsp3) is 0.250. The van der Waals surface area contributed by atoms with E-state index in [4.69, 9.17) is 23.2 Å². The van der Waals surface area contributed by atoms with E-state index in [0.29, 0.717) is 27.4 Å². The highest BCUT2D eigenvalue weighted by molar-refractivity contribution is 7.99. The third kappa shape index (κ3) is 5.42. The second kappa shape index (κ2) is 10.3. The van der Waals surface area contributed by atoms with Gasteiger partial charge in [-0.1, -0.05) is 60.5 Å². The number of anilines is 1. The normalized spacial score (nSPS) is 10.9. The van der Waals surface area contributed by atoms with Gasteiger partial charge in [0.25, 0.3) is 0 Å². The molecule has 1 N–H and O–H groups in total. The Bertz CT molecular complexity index is 1020. The molecule has 0 aliphatic heterocycles. The topological polar surface area (TPSA) is 59.8 Å². The number of thiophene rings is 1. The monoisotopic (exact) mass is 466 g/mol. The molecule has 5 nitrogen and oxygen atoms in total. The Morgan fingerprint density at radius 2 is 2.21 bits per heavy atom. The van der Waals surface area contributed by atoms with E-state index in [2.05, 4.69) is 40.5 Å². The van der Waals surface area contributed by atoms with Gasteiger partial charge in [-0.15, -0.1) is 28.1 Å². The summed E-state index contributed by atoms with van der Waals surface area (Å²) >= 11 is 15.2. The van der Waals surface area contributed by atoms with Crippen LogP contribution in [0.25, 0.3) is 11.4 Å². The van der Waals surface area contributed by atoms with Crippen LogP contribution in [-0.2, 0) is 17.8 Å². The van der Waals surface area contributed by atoms with Crippen LogP contribution in [0.5, 0.6) is 0 Å². The predicted molar refractivity (Wildman–Crippen MR) is 123 cm³/mol. The summed E-state index contributed by atoms with van der Waals surface area (Å²) in [6, 6.07) is 7.27. The molecule has 9 heteroatoms. The number of halogens is 2. The zero-order valence-electron chi connectivity index (χ0n) is 15.8. The number of allylic oxidation sites excluding steroid dienone is 1. The minimum absolute atomic E-state index is 0.169. The van der Waals surface area contributed by atoms with Crippen molar-refractivity contribution in [1.29, 1.82) is 0 Å². The summed E-state index contributed by atoms with van der Waals surface area (Å²) < 4.78 is 1.97. The number of carbonyl (C=O) groups excluding carboxylic acids is 1. The molecular weight excluding hydrogens is 447 g/mol. The van der Waals surface area contributed by atoms with Crippen LogP contribution in [0.4, 0.5) is 5.69 Å². The molecule has 0 unspecified atom stereocenters. The Labute approximate surface area is 188 Å². The lowest BCUT2D eigenvalue weighted by Gasteiger charge is -2.09. The number of thioether (sulfide) groups is 1. The summed E-state index contributed by atoms with van der Waals surface area (Å²) in [6.45, 7) is 6.55. The summed E-state index contributed by atoms with van der Waals surface area (Å²) in [5, 5.41) is 14.9. The van der Waals surface area contributed by atoms with Crippen molar-refractivity contribution in [2.24, 2.45) is 0 Å². The number of amides is 1. The van der Waals surface area contributed by atoms with Crippen molar-refractivity contribution < 1.29 is 4.79 Å². The van der Waals surface area contributed by atoms with Gasteiger partial charge in [-0.2, -0.15) is 0 Å². The van der Waals surface area contributed by atoms with Gasteiger partial charge in [-0.3, -0.25) is 9.36 Å². The van der Waals surface area contributed by atoms with Crippen molar-refractivity contribution >= 4 is 57.9 Å². The van der Waals surface area contributed by atoms with E-state index >= 15 is 0 Å². The number of nitrogens with zero attached hydrogens (tertiary/aromatic N) is 3. The summed E-state index contributed by atoms with van der Waals surface area (Å²) in [5.74, 6) is 0.752. The van der Waals surface area contributed by atoms with Crippen LogP contribution in [0.1, 0.15) is 18.2 Å². The van der Waals surface area contributed by atoms with E-state index in [1.807, 2.05) is 4.57 Å². The molecule has 29 heavy (non-hydrogen) atoms. The molecule has 2 heterocycles. The molecule has 1 aromatic carbocycles. The molecule has 152 valence electrons. The van der Waals surface area contributed by atoms with E-state index in [-0.39, 0.29) is 11.7 Å². The number of aryl methyl sites for hydroxylation is 1. The summed E-state index contributed by atoms with van der Waals surface area (Å²) in [5.41, 5.74) is 1.52. The molecule has 0 aliphatic carbocycles. The van der Waals surface area contributed by atoms with Gasteiger partial charge in [0, 0.05) is 22.4 Å². The molecule has 0 atom stereocenters. The molecular formula is C20H20Cl2N4OS2. The first-order chi connectivity index (χ1) is 14.0. The van der Waals surface area contributed by atoms with Crippen molar-refractivity contribution in [3.63, 3.8) is 0 Å². The average Bonchev–Trinajstić information content (AvgIpc) is 3.31. The van der Waals surface area contributed by atoms with Gasteiger partial charge in [0.2, 0.25) is 5.91 Å². The summed E-state index contributed by atoms with van der Waals surface area (Å²) in [6.07, 6.45) is 3.95. The maximum atomic E-state index is 12.4. The van der Waals surface area contributed by atoms with Gasteiger partial charge in [0.1, 0.15) is 0 Å². The van der Waals surface area contributed by atoms with E-state index in [1.54, 1.807) is 35.6 Å². The first-order valence-electron chi connectivity index (χ1n) is 9.02. The Hall–Kier alpha value is -1.80.